The topological polar surface area (TPSA) is 78.9 Å². The van der Waals surface area contributed by atoms with Crippen molar-refractivity contribution in [2.45, 2.75) is 451 Å². The maximum Gasteiger partial charge on any atom is 0.306 e. The quantitative estimate of drug-likeness (QED) is 0.0261. The largest absolute Gasteiger partial charge is 0.462 e. The third-order valence-corrected chi connectivity index (χ3v) is 17.8. The molecule has 0 bridgehead atoms. The Bertz CT molecular complexity index is 1300. The number of ether oxygens (including phenoxy) is 3. The molecular weight excluding hydrogens is 1020 g/mol. The average molecular weight is 1170 g/mol. The van der Waals surface area contributed by atoms with Gasteiger partial charge in [0.25, 0.3) is 0 Å². The fourth-order valence-electron chi connectivity index (χ4n) is 12.0. The van der Waals surface area contributed by atoms with Crippen LogP contribution in [0, 0.1) is 0 Å². The summed E-state index contributed by atoms with van der Waals surface area (Å²) in [7, 11) is 0. The maximum absolute atomic E-state index is 13.0. The van der Waals surface area contributed by atoms with E-state index < -0.39 is 6.10 Å². The predicted octanol–water partition coefficient (Wildman–Crippen LogP) is 26.3. The van der Waals surface area contributed by atoms with Crippen LogP contribution >= 0.6 is 0 Å². The van der Waals surface area contributed by atoms with Crippen LogP contribution in [0.4, 0.5) is 0 Å². The van der Waals surface area contributed by atoms with Gasteiger partial charge in [-0.05, 0) is 44.9 Å². The van der Waals surface area contributed by atoms with Crippen molar-refractivity contribution < 1.29 is 28.6 Å². The van der Waals surface area contributed by atoms with Crippen molar-refractivity contribution in [3.05, 3.63) is 12.2 Å². The molecule has 0 rings (SSSR count). The zero-order valence-electron chi connectivity index (χ0n) is 56.8. The lowest BCUT2D eigenvalue weighted by atomic mass is 10.0. The van der Waals surface area contributed by atoms with Gasteiger partial charge in [-0.3, -0.25) is 14.4 Å². The van der Waals surface area contributed by atoms with Crippen molar-refractivity contribution in [1.29, 1.82) is 0 Å². The zero-order chi connectivity index (χ0) is 59.9. The summed E-state index contributed by atoms with van der Waals surface area (Å²) in [6.45, 7) is 6.75. The van der Waals surface area contributed by atoms with E-state index in [-0.39, 0.29) is 31.1 Å². The summed E-state index contributed by atoms with van der Waals surface area (Å²) < 4.78 is 17.1. The number of carbonyl (C=O) groups excluding carboxylic acids is 3. The van der Waals surface area contributed by atoms with Gasteiger partial charge in [-0.2, -0.15) is 0 Å². The monoisotopic (exact) mass is 1170 g/mol. The van der Waals surface area contributed by atoms with Gasteiger partial charge in [0.1, 0.15) is 13.2 Å². The summed E-state index contributed by atoms with van der Waals surface area (Å²) in [6.07, 6.45) is 88.2. The Balaban J connectivity index is 4.28. The molecule has 0 saturated heterocycles. The first-order valence-electron chi connectivity index (χ1n) is 38.2. The minimum atomic E-state index is -0.767. The molecule has 0 N–H and O–H groups in total. The van der Waals surface area contributed by atoms with Gasteiger partial charge >= 0.3 is 17.9 Å². The van der Waals surface area contributed by atoms with E-state index in [0.717, 1.165) is 57.8 Å². The SMILES string of the molecule is CCCCCCCCCC/C=C\CCCCCCCCCCCCCC(=O)OCC(COC(=O)CCCCCCCCCCCCCCCCCCCCCCC)OC(=O)CCCCCCCCCCCCCCCCCCCCCCC. The highest BCUT2D eigenvalue weighted by atomic mass is 16.6. The minimum absolute atomic E-state index is 0.0623. The van der Waals surface area contributed by atoms with Crippen LogP contribution in [0.2, 0.25) is 0 Å². The molecule has 0 amide bonds. The first kappa shape index (κ1) is 81.2. The molecule has 0 spiro atoms. The summed E-state index contributed by atoms with van der Waals surface area (Å²) in [5, 5.41) is 0. The van der Waals surface area contributed by atoms with E-state index in [1.165, 1.54) is 347 Å². The van der Waals surface area contributed by atoms with Gasteiger partial charge in [0.05, 0.1) is 0 Å². The molecule has 0 saturated carbocycles. The van der Waals surface area contributed by atoms with Crippen molar-refractivity contribution in [2.24, 2.45) is 0 Å². The molecule has 0 heterocycles. The molecule has 6 nitrogen and oxygen atoms in total. The zero-order valence-corrected chi connectivity index (χ0v) is 56.8. The number of esters is 3. The van der Waals surface area contributed by atoms with Crippen LogP contribution < -0.4 is 0 Å². The lowest BCUT2D eigenvalue weighted by Gasteiger charge is -2.18. The molecule has 0 aliphatic rings. The summed E-state index contributed by atoms with van der Waals surface area (Å²) in [5.41, 5.74) is 0. The maximum atomic E-state index is 13.0. The highest BCUT2D eigenvalue weighted by Crippen LogP contribution is 2.20. The van der Waals surface area contributed by atoms with E-state index in [2.05, 4.69) is 32.9 Å². The van der Waals surface area contributed by atoms with Crippen molar-refractivity contribution in [2.75, 3.05) is 13.2 Å². The van der Waals surface area contributed by atoms with Gasteiger partial charge in [-0.25, -0.2) is 0 Å². The van der Waals surface area contributed by atoms with Gasteiger partial charge in [0.15, 0.2) is 6.10 Å². The van der Waals surface area contributed by atoms with Gasteiger partial charge in [-0.1, -0.05) is 392 Å². The van der Waals surface area contributed by atoms with Crippen LogP contribution in [-0.2, 0) is 28.6 Å². The Kier molecular flexibility index (Phi) is 71.0. The Morgan fingerprint density at radius 3 is 0.602 bits per heavy atom. The molecule has 0 aromatic heterocycles. The van der Waals surface area contributed by atoms with Gasteiger partial charge < -0.3 is 14.2 Å². The lowest BCUT2D eigenvalue weighted by Crippen LogP contribution is -2.30. The fraction of sp³-hybridized carbons (Fsp3) is 0.935. The van der Waals surface area contributed by atoms with Crippen molar-refractivity contribution in [1.82, 2.24) is 0 Å². The molecule has 0 aliphatic carbocycles. The highest BCUT2D eigenvalue weighted by Gasteiger charge is 2.20. The molecular formula is C77H148O6. The first-order valence-corrected chi connectivity index (χ1v) is 38.2. The Labute approximate surface area is 520 Å². The van der Waals surface area contributed by atoms with Crippen LogP contribution in [0.1, 0.15) is 445 Å². The number of hydrogen-bond acceptors (Lipinski definition) is 6. The second kappa shape index (κ2) is 72.6. The van der Waals surface area contributed by atoms with E-state index in [1.807, 2.05) is 0 Å². The number of unbranched alkanes of at least 4 members (excludes halogenated alkanes) is 59. The second-order valence-electron chi connectivity index (χ2n) is 26.3. The summed E-state index contributed by atoms with van der Waals surface area (Å²) in [6, 6.07) is 0. The van der Waals surface area contributed by atoms with E-state index >= 15 is 0 Å². The number of hydrogen-bond donors (Lipinski definition) is 0. The van der Waals surface area contributed by atoms with Gasteiger partial charge in [-0.15, -0.1) is 0 Å². The molecule has 0 aromatic rings. The molecule has 0 fully saturated rings. The van der Waals surface area contributed by atoms with Crippen LogP contribution in [0.3, 0.4) is 0 Å². The Morgan fingerprint density at radius 1 is 0.229 bits per heavy atom. The molecule has 0 aliphatic heterocycles. The smallest absolute Gasteiger partial charge is 0.306 e. The number of rotatable bonds is 72. The molecule has 6 heteroatoms. The van der Waals surface area contributed by atoms with Crippen molar-refractivity contribution >= 4 is 17.9 Å². The lowest BCUT2D eigenvalue weighted by molar-refractivity contribution is -0.167. The van der Waals surface area contributed by atoms with Gasteiger partial charge in [0, 0.05) is 19.3 Å². The van der Waals surface area contributed by atoms with Crippen LogP contribution in [0.25, 0.3) is 0 Å². The third kappa shape index (κ3) is 70.8. The first-order chi connectivity index (χ1) is 41.0. The van der Waals surface area contributed by atoms with Crippen LogP contribution in [-0.4, -0.2) is 37.2 Å². The van der Waals surface area contributed by atoms with Crippen LogP contribution in [0.5, 0.6) is 0 Å². The molecule has 83 heavy (non-hydrogen) atoms. The van der Waals surface area contributed by atoms with E-state index in [1.54, 1.807) is 0 Å². The molecule has 1 atom stereocenters. The van der Waals surface area contributed by atoms with E-state index in [0.29, 0.717) is 19.3 Å². The van der Waals surface area contributed by atoms with E-state index in [4.69, 9.17) is 14.2 Å². The summed E-state index contributed by atoms with van der Waals surface area (Å²) in [5.74, 6) is -0.820. The number of carbonyl (C=O) groups is 3. The van der Waals surface area contributed by atoms with Crippen molar-refractivity contribution in [3.8, 4) is 0 Å². The normalized spacial score (nSPS) is 12.0. The summed E-state index contributed by atoms with van der Waals surface area (Å²) in [4.78, 5) is 38.6. The fourth-order valence-corrected chi connectivity index (χ4v) is 12.0. The molecule has 0 aromatic carbocycles. The highest BCUT2D eigenvalue weighted by molar-refractivity contribution is 5.71. The minimum Gasteiger partial charge on any atom is -0.462 e. The van der Waals surface area contributed by atoms with Crippen LogP contribution in [0.15, 0.2) is 12.2 Å². The molecule has 1 unspecified atom stereocenters. The second-order valence-corrected chi connectivity index (χ2v) is 26.3. The standard InChI is InChI=1S/C77H148O6/c1-4-7-10-13-16-19-22-25-28-31-34-37-38-41-43-46-49-52-55-58-61-64-67-70-76(79)82-73-74(83-77(80)71-68-65-62-59-56-53-50-47-44-40-36-33-30-27-24-21-18-15-12-9-6-3)72-81-75(78)69-66-63-60-57-54-51-48-45-42-39-35-32-29-26-23-20-17-14-11-8-5-2/h31,34,74H,4-30,32-33,35-73H2,1-3H3/b34-31-. The van der Waals surface area contributed by atoms with Crippen molar-refractivity contribution in [3.63, 3.8) is 0 Å². The Hall–Kier alpha value is -1.85. The molecule has 492 valence electrons. The summed E-state index contributed by atoms with van der Waals surface area (Å²) >= 11 is 0. The van der Waals surface area contributed by atoms with Gasteiger partial charge in [0.2, 0.25) is 0 Å². The average Bonchev–Trinajstić information content (AvgIpc) is 3.49. The Morgan fingerprint density at radius 2 is 0.398 bits per heavy atom. The number of allylic oxidation sites excluding steroid dienone is 2. The predicted molar refractivity (Wildman–Crippen MR) is 363 cm³/mol. The van der Waals surface area contributed by atoms with E-state index in [9.17, 15) is 14.4 Å². The molecule has 0 radical (unpaired) electrons. The third-order valence-electron chi connectivity index (χ3n) is 17.8.